The van der Waals surface area contributed by atoms with Crippen molar-refractivity contribution >= 4 is 58.2 Å². The summed E-state index contributed by atoms with van der Waals surface area (Å²) in [6.45, 7) is 2.20. The van der Waals surface area contributed by atoms with Crippen molar-refractivity contribution in [1.29, 1.82) is 0 Å². The average Bonchev–Trinajstić information content (AvgIpc) is 3.04. The van der Waals surface area contributed by atoms with Gasteiger partial charge in [-0.3, -0.25) is 19.3 Å². The molecule has 0 unspecified atom stereocenters. The Hall–Kier alpha value is -3.32. The number of hydrogen-bond acceptors (Lipinski definition) is 4. The molecule has 3 amide bonds. The minimum absolute atomic E-state index is 0.0469. The molecule has 178 valence electrons. The summed E-state index contributed by atoms with van der Waals surface area (Å²) in [7, 11) is 0. The number of hydrogen-bond donors (Lipinski definition) is 2. The predicted molar refractivity (Wildman–Crippen MR) is 137 cm³/mol. The van der Waals surface area contributed by atoms with Crippen molar-refractivity contribution in [2.45, 2.75) is 20.0 Å². The molecule has 2 N–H and O–H groups in total. The van der Waals surface area contributed by atoms with E-state index in [1.165, 1.54) is 0 Å². The molecule has 3 aromatic carbocycles. The number of halogens is 3. The summed E-state index contributed by atoms with van der Waals surface area (Å²) < 4.78 is 0. The van der Waals surface area contributed by atoms with E-state index >= 15 is 0 Å². The van der Waals surface area contributed by atoms with E-state index < -0.39 is 11.8 Å². The van der Waals surface area contributed by atoms with Crippen molar-refractivity contribution < 1.29 is 14.4 Å². The molecule has 0 bridgehead atoms. The summed E-state index contributed by atoms with van der Waals surface area (Å²) in [5, 5.41) is 6.83. The molecule has 0 aliphatic carbocycles. The molecule has 0 atom stereocenters. The van der Waals surface area contributed by atoms with E-state index in [4.69, 9.17) is 34.8 Å². The Morgan fingerprint density at radius 1 is 0.829 bits per heavy atom. The molecule has 3 aromatic rings. The summed E-state index contributed by atoms with van der Waals surface area (Å²) in [5.74, 6) is -1.31. The number of carbonyl (C=O) groups excluding carboxylic acids is 3. The molecule has 0 fully saturated rings. The normalized spacial score (nSPS) is 13.4. The van der Waals surface area contributed by atoms with Crippen LogP contribution in [0.1, 0.15) is 27.0 Å². The van der Waals surface area contributed by atoms with Crippen LogP contribution in [0.15, 0.2) is 77.5 Å². The first-order valence-corrected chi connectivity index (χ1v) is 11.8. The van der Waals surface area contributed by atoms with Gasteiger partial charge >= 0.3 is 0 Å². The Morgan fingerprint density at radius 2 is 1.46 bits per heavy atom. The molecule has 9 heteroatoms. The van der Waals surface area contributed by atoms with Crippen LogP contribution < -0.4 is 10.6 Å². The van der Waals surface area contributed by atoms with Crippen LogP contribution in [-0.4, -0.2) is 22.6 Å². The van der Waals surface area contributed by atoms with Crippen LogP contribution in [0.3, 0.4) is 0 Å². The van der Waals surface area contributed by atoms with Gasteiger partial charge in [-0.1, -0.05) is 59.1 Å². The maximum Gasteiger partial charge on any atom is 0.278 e. The molecule has 0 spiro atoms. The van der Waals surface area contributed by atoms with Gasteiger partial charge in [-0.05, 0) is 66.1 Å². The number of carbonyl (C=O) groups is 3. The van der Waals surface area contributed by atoms with Gasteiger partial charge in [0.25, 0.3) is 17.7 Å². The molecule has 0 aromatic heterocycles. The van der Waals surface area contributed by atoms with Crippen LogP contribution >= 0.6 is 34.8 Å². The zero-order valence-electron chi connectivity index (χ0n) is 18.6. The van der Waals surface area contributed by atoms with Gasteiger partial charge in [0.1, 0.15) is 10.7 Å². The second-order valence-electron chi connectivity index (χ2n) is 7.98. The van der Waals surface area contributed by atoms with Crippen LogP contribution in [0.2, 0.25) is 10.0 Å². The van der Waals surface area contributed by atoms with E-state index in [1.54, 1.807) is 66.7 Å². The fourth-order valence-electron chi connectivity index (χ4n) is 3.54. The molecular formula is C26H20Cl3N3O3. The van der Waals surface area contributed by atoms with Crippen LogP contribution in [0.25, 0.3) is 0 Å². The van der Waals surface area contributed by atoms with E-state index in [9.17, 15) is 14.4 Å². The van der Waals surface area contributed by atoms with E-state index in [2.05, 4.69) is 10.6 Å². The molecule has 1 aliphatic heterocycles. The lowest BCUT2D eigenvalue weighted by Gasteiger charge is -2.15. The van der Waals surface area contributed by atoms with Gasteiger partial charge in [-0.2, -0.15) is 0 Å². The first-order chi connectivity index (χ1) is 16.7. The highest BCUT2D eigenvalue weighted by Crippen LogP contribution is 2.25. The Labute approximate surface area is 217 Å². The van der Waals surface area contributed by atoms with E-state index in [0.29, 0.717) is 21.3 Å². The van der Waals surface area contributed by atoms with Crippen molar-refractivity contribution in [2.24, 2.45) is 0 Å². The number of nitrogens with zero attached hydrogens (tertiary/aromatic N) is 1. The van der Waals surface area contributed by atoms with Crippen LogP contribution in [0.4, 0.5) is 5.69 Å². The van der Waals surface area contributed by atoms with Gasteiger partial charge in [0.2, 0.25) is 0 Å². The third kappa shape index (κ3) is 5.68. The molecule has 35 heavy (non-hydrogen) atoms. The van der Waals surface area contributed by atoms with E-state index in [1.807, 2.05) is 6.92 Å². The minimum atomic E-state index is -0.557. The largest absolute Gasteiger partial charge is 0.375 e. The van der Waals surface area contributed by atoms with Crippen molar-refractivity contribution in [3.63, 3.8) is 0 Å². The van der Waals surface area contributed by atoms with E-state index in [-0.39, 0.29) is 29.7 Å². The fourth-order valence-corrected chi connectivity index (χ4v) is 4.14. The maximum atomic E-state index is 12.8. The minimum Gasteiger partial charge on any atom is -0.375 e. The number of imide groups is 1. The zero-order chi connectivity index (χ0) is 25.1. The number of aryl methyl sites for hydroxylation is 1. The second kappa shape index (κ2) is 10.5. The Kier molecular flexibility index (Phi) is 7.45. The van der Waals surface area contributed by atoms with Gasteiger partial charge in [-0.25, -0.2) is 0 Å². The van der Waals surface area contributed by atoms with Crippen molar-refractivity contribution in [3.8, 4) is 0 Å². The molecular weight excluding hydrogens is 509 g/mol. The fraction of sp³-hybridized carbons (Fsp3) is 0.115. The molecule has 0 saturated carbocycles. The number of rotatable bonds is 7. The summed E-state index contributed by atoms with van der Waals surface area (Å²) in [5.41, 5.74) is 3.62. The standard InChI is InChI=1S/C26H20Cl3N3O3/c1-15-12-20(28)10-11-21(15)31-24(33)18-6-2-16(3-7-18)13-30-23-22(29)25(34)32(26(23)35)14-17-4-8-19(27)9-5-17/h2-12,30H,13-14H2,1H3,(H,31,33). The molecule has 1 heterocycles. The second-order valence-corrected chi connectivity index (χ2v) is 9.23. The third-order valence-corrected chi connectivity index (χ3v) is 6.33. The quantitative estimate of drug-likeness (QED) is 0.388. The topological polar surface area (TPSA) is 78.5 Å². The number of benzene rings is 3. The highest BCUT2D eigenvalue weighted by molar-refractivity contribution is 6.47. The van der Waals surface area contributed by atoms with Gasteiger partial charge in [0.15, 0.2) is 0 Å². The smallest absolute Gasteiger partial charge is 0.278 e. The van der Waals surface area contributed by atoms with Gasteiger partial charge in [0, 0.05) is 27.8 Å². The molecule has 1 aliphatic rings. The van der Waals surface area contributed by atoms with Crippen molar-refractivity contribution in [1.82, 2.24) is 10.2 Å². The Bertz CT molecular complexity index is 1340. The highest BCUT2D eigenvalue weighted by Gasteiger charge is 2.37. The van der Waals surface area contributed by atoms with Gasteiger partial charge in [0.05, 0.1) is 6.54 Å². The van der Waals surface area contributed by atoms with Crippen LogP contribution in [0, 0.1) is 6.92 Å². The lowest BCUT2D eigenvalue weighted by Crippen LogP contribution is -2.33. The monoisotopic (exact) mass is 527 g/mol. The third-order valence-electron chi connectivity index (χ3n) is 5.49. The first kappa shape index (κ1) is 24.8. The van der Waals surface area contributed by atoms with E-state index in [0.717, 1.165) is 21.6 Å². The lowest BCUT2D eigenvalue weighted by molar-refractivity contribution is -0.138. The summed E-state index contributed by atoms with van der Waals surface area (Å²) >= 11 is 18.0. The molecule has 6 nitrogen and oxygen atoms in total. The SMILES string of the molecule is Cc1cc(Cl)ccc1NC(=O)c1ccc(CNC2=C(Cl)C(=O)N(Cc3ccc(Cl)cc3)C2=O)cc1. The summed E-state index contributed by atoms with van der Waals surface area (Å²) in [6, 6.07) is 19.0. The average molecular weight is 529 g/mol. The predicted octanol–water partition coefficient (Wildman–Crippen LogP) is 5.66. The maximum absolute atomic E-state index is 12.8. The Morgan fingerprint density at radius 3 is 2.11 bits per heavy atom. The Balaban J connectivity index is 1.37. The van der Waals surface area contributed by atoms with Gasteiger partial charge in [-0.15, -0.1) is 0 Å². The lowest BCUT2D eigenvalue weighted by atomic mass is 10.1. The number of amides is 3. The summed E-state index contributed by atoms with van der Waals surface area (Å²) in [6.07, 6.45) is 0. The van der Waals surface area contributed by atoms with Crippen LogP contribution in [0.5, 0.6) is 0 Å². The summed E-state index contributed by atoms with van der Waals surface area (Å²) in [4.78, 5) is 39.0. The molecule has 0 radical (unpaired) electrons. The zero-order valence-corrected chi connectivity index (χ0v) is 20.8. The first-order valence-electron chi connectivity index (χ1n) is 10.6. The van der Waals surface area contributed by atoms with Crippen molar-refractivity contribution in [3.05, 3.63) is 110 Å². The number of nitrogens with one attached hydrogen (secondary N) is 2. The highest BCUT2D eigenvalue weighted by atomic mass is 35.5. The number of anilines is 1. The van der Waals surface area contributed by atoms with Crippen molar-refractivity contribution in [2.75, 3.05) is 5.32 Å². The van der Waals surface area contributed by atoms with Gasteiger partial charge < -0.3 is 10.6 Å². The molecule has 4 rings (SSSR count). The molecule has 0 saturated heterocycles. The van der Waals surface area contributed by atoms with Crippen LogP contribution in [-0.2, 0) is 22.7 Å².